The van der Waals surface area contributed by atoms with Gasteiger partial charge in [0, 0.05) is 30.7 Å². The van der Waals surface area contributed by atoms with Crippen LogP contribution in [-0.4, -0.2) is 36.3 Å². The van der Waals surface area contributed by atoms with E-state index in [1.807, 2.05) is 31.4 Å². The van der Waals surface area contributed by atoms with Gasteiger partial charge in [0.05, 0.1) is 0 Å². The maximum atomic E-state index is 9.75. The second-order valence-electron chi connectivity index (χ2n) is 5.94. The second kappa shape index (κ2) is 5.90. The Morgan fingerprint density at radius 1 is 1.29 bits per heavy atom. The summed E-state index contributed by atoms with van der Waals surface area (Å²) in [5, 5.41) is 15.3. The molecule has 2 N–H and O–H groups in total. The number of pyridine rings is 1. The van der Waals surface area contributed by atoms with Crippen LogP contribution in [0, 0.1) is 5.92 Å². The van der Waals surface area contributed by atoms with Crippen molar-refractivity contribution in [3.05, 3.63) is 30.5 Å². The molecule has 1 aliphatic rings. The molecule has 1 atom stereocenters. The van der Waals surface area contributed by atoms with Crippen LogP contribution in [0.1, 0.15) is 19.8 Å². The fraction of sp³-hybridized carbons (Fsp3) is 0.471. The fourth-order valence-electron chi connectivity index (χ4n) is 3.24. The van der Waals surface area contributed by atoms with Gasteiger partial charge in [0.15, 0.2) is 0 Å². The highest BCUT2D eigenvalue weighted by Crippen LogP contribution is 2.31. The van der Waals surface area contributed by atoms with Crippen LogP contribution in [0.15, 0.2) is 30.5 Å². The molecule has 1 aromatic carbocycles. The van der Waals surface area contributed by atoms with E-state index >= 15 is 0 Å². The Morgan fingerprint density at radius 2 is 2.05 bits per heavy atom. The first-order valence-electron chi connectivity index (χ1n) is 7.69. The number of nitrogens with one attached hydrogen (secondary N) is 1. The molecule has 1 aliphatic heterocycles. The third-order valence-electron chi connectivity index (χ3n) is 4.73. The van der Waals surface area contributed by atoms with Gasteiger partial charge in [0.2, 0.25) is 0 Å². The van der Waals surface area contributed by atoms with Gasteiger partial charge in [-0.3, -0.25) is 0 Å². The number of benzene rings is 1. The van der Waals surface area contributed by atoms with Gasteiger partial charge < -0.3 is 15.3 Å². The van der Waals surface area contributed by atoms with Gasteiger partial charge in [-0.2, -0.15) is 0 Å². The van der Waals surface area contributed by atoms with E-state index in [4.69, 9.17) is 0 Å². The number of phenolic OH excluding ortho intramolecular Hbond substituents is 1. The first-order valence-corrected chi connectivity index (χ1v) is 7.69. The van der Waals surface area contributed by atoms with Gasteiger partial charge in [0.25, 0.3) is 0 Å². The highest BCUT2D eigenvalue weighted by Gasteiger charge is 2.24. The first-order chi connectivity index (χ1) is 10.2. The average molecular weight is 285 g/mol. The maximum Gasteiger partial charge on any atom is 0.136 e. The molecule has 21 heavy (non-hydrogen) atoms. The summed E-state index contributed by atoms with van der Waals surface area (Å²) in [7, 11) is 2.03. The highest BCUT2D eigenvalue weighted by atomic mass is 16.3. The molecule has 3 rings (SSSR count). The number of piperidine rings is 1. The zero-order chi connectivity index (χ0) is 14.8. The third-order valence-corrected chi connectivity index (χ3v) is 4.73. The predicted octanol–water partition coefficient (Wildman–Crippen LogP) is 2.76. The maximum absolute atomic E-state index is 9.75. The summed E-state index contributed by atoms with van der Waals surface area (Å²) in [6.07, 6.45) is 4.22. The lowest BCUT2D eigenvalue weighted by Crippen LogP contribution is -2.41. The summed E-state index contributed by atoms with van der Waals surface area (Å²) in [4.78, 5) is 6.91. The van der Waals surface area contributed by atoms with E-state index < -0.39 is 0 Å². The summed E-state index contributed by atoms with van der Waals surface area (Å²) in [5.41, 5.74) is 0. The smallest absolute Gasteiger partial charge is 0.136 e. The molecule has 4 nitrogen and oxygen atoms in total. The SMILES string of the molecule is CNC(C)C1CCN(c2nccc3ccc(O)cc23)CC1. The Morgan fingerprint density at radius 3 is 2.76 bits per heavy atom. The Hall–Kier alpha value is -1.81. The summed E-state index contributed by atoms with van der Waals surface area (Å²) in [6, 6.07) is 8.06. The molecule has 4 heteroatoms. The Kier molecular flexibility index (Phi) is 3.97. The molecule has 0 bridgehead atoms. The molecule has 1 saturated heterocycles. The van der Waals surface area contributed by atoms with Gasteiger partial charge in [-0.25, -0.2) is 4.98 Å². The zero-order valence-electron chi connectivity index (χ0n) is 12.7. The summed E-state index contributed by atoms with van der Waals surface area (Å²) >= 11 is 0. The minimum atomic E-state index is 0.301. The normalized spacial score (nSPS) is 18.1. The van der Waals surface area contributed by atoms with Crippen LogP contribution in [0.5, 0.6) is 5.75 Å². The van der Waals surface area contributed by atoms with E-state index in [0.29, 0.717) is 11.8 Å². The zero-order valence-corrected chi connectivity index (χ0v) is 12.7. The molecule has 0 radical (unpaired) electrons. The molecule has 2 heterocycles. The van der Waals surface area contributed by atoms with Crippen molar-refractivity contribution in [2.75, 3.05) is 25.0 Å². The number of anilines is 1. The largest absolute Gasteiger partial charge is 0.508 e. The lowest BCUT2D eigenvalue weighted by atomic mass is 9.90. The van der Waals surface area contributed by atoms with Gasteiger partial charge in [-0.1, -0.05) is 6.07 Å². The third kappa shape index (κ3) is 2.81. The van der Waals surface area contributed by atoms with Crippen molar-refractivity contribution in [2.24, 2.45) is 5.92 Å². The number of phenols is 1. The van der Waals surface area contributed by atoms with Crippen LogP contribution in [0.3, 0.4) is 0 Å². The summed E-state index contributed by atoms with van der Waals surface area (Å²) in [6.45, 7) is 4.31. The van der Waals surface area contributed by atoms with Gasteiger partial charge in [-0.15, -0.1) is 0 Å². The summed E-state index contributed by atoms with van der Waals surface area (Å²) < 4.78 is 0. The molecular formula is C17H23N3O. The molecule has 2 aromatic rings. The van der Waals surface area contributed by atoms with E-state index in [0.717, 1.165) is 35.6 Å². The second-order valence-corrected chi connectivity index (χ2v) is 5.94. The number of hydrogen-bond acceptors (Lipinski definition) is 4. The van der Waals surface area contributed by atoms with Crippen LogP contribution in [0.25, 0.3) is 10.8 Å². The minimum absolute atomic E-state index is 0.301. The average Bonchev–Trinajstić information content (AvgIpc) is 2.53. The predicted molar refractivity (Wildman–Crippen MR) is 86.9 cm³/mol. The Balaban J connectivity index is 1.84. The lowest BCUT2D eigenvalue weighted by Gasteiger charge is -2.35. The van der Waals surface area contributed by atoms with Gasteiger partial charge >= 0.3 is 0 Å². The number of nitrogens with zero attached hydrogens (tertiary/aromatic N) is 2. The number of fused-ring (bicyclic) bond motifs is 1. The van der Waals surface area contributed by atoms with Crippen molar-refractivity contribution < 1.29 is 5.11 Å². The number of aromatic nitrogens is 1. The molecule has 112 valence electrons. The lowest BCUT2D eigenvalue weighted by molar-refractivity contribution is 0.323. The van der Waals surface area contributed by atoms with Crippen LogP contribution in [0.2, 0.25) is 0 Å². The van der Waals surface area contributed by atoms with Crippen molar-refractivity contribution in [3.63, 3.8) is 0 Å². The molecule has 1 aromatic heterocycles. The van der Waals surface area contributed by atoms with Crippen LogP contribution < -0.4 is 10.2 Å². The summed E-state index contributed by atoms with van der Waals surface area (Å²) in [5.74, 6) is 2.03. The highest BCUT2D eigenvalue weighted by molar-refractivity contribution is 5.93. The standard InChI is InChI=1S/C17H23N3O/c1-12(18-2)13-6-9-20(10-7-13)17-16-11-15(21)4-3-14(16)5-8-19-17/h3-5,8,11-13,18,21H,6-7,9-10H2,1-2H3. The molecule has 0 spiro atoms. The topological polar surface area (TPSA) is 48.4 Å². The van der Waals surface area contributed by atoms with Crippen molar-refractivity contribution in [1.82, 2.24) is 10.3 Å². The molecule has 0 amide bonds. The number of hydrogen-bond donors (Lipinski definition) is 2. The Bertz CT molecular complexity index is 620. The van der Waals surface area contributed by atoms with Crippen LogP contribution >= 0.6 is 0 Å². The van der Waals surface area contributed by atoms with Gasteiger partial charge in [-0.05, 0) is 56.3 Å². The van der Waals surface area contributed by atoms with E-state index in [1.54, 1.807) is 6.07 Å². The minimum Gasteiger partial charge on any atom is -0.508 e. The quantitative estimate of drug-likeness (QED) is 0.910. The van der Waals surface area contributed by atoms with Crippen LogP contribution in [-0.2, 0) is 0 Å². The van der Waals surface area contributed by atoms with Crippen molar-refractivity contribution in [1.29, 1.82) is 0 Å². The fourth-order valence-corrected chi connectivity index (χ4v) is 3.24. The molecule has 0 aliphatic carbocycles. The molecule has 1 unspecified atom stereocenters. The molecular weight excluding hydrogens is 262 g/mol. The van der Waals surface area contributed by atoms with Crippen LogP contribution in [0.4, 0.5) is 5.82 Å². The molecule has 1 fully saturated rings. The van der Waals surface area contributed by atoms with Gasteiger partial charge in [0.1, 0.15) is 11.6 Å². The monoisotopic (exact) mass is 285 g/mol. The van der Waals surface area contributed by atoms with Crippen molar-refractivity contribution >= 4 is 16.6 Å². The number of rotatable bonds is 3. The number of aromatic hydroxyl groups is 1. The van der Waals surface area contributed by atoms with E-state index in [2.05, 4.69) is 22.1 Å². The van der Waals surface area contributed by atoms with E-state index in [-0.39, 0.29) is 0 Å². The Labute approximate surface area is 125 Å². The van der Waals surface area contributed by atoms with Crippen molar-refractivity contribution in [3.8, 4) is 5.75 Å². The first kappa shape index (κ1) is 14.1. The van der Waals surface area contributed by atoms with E-state index in [1.165, 1.54) is 12.8 Å². The van der Waals surface area contributed by atoms with Crippen molar-refractivity contribution in [2.45, 2.75) is 25.8 Å². The molecule has 0 saturated carbocycles. The van der Waals surface area contributed by atoms with E-state index in [9.17, 15) is 5.11 Å².